The van der Waals surface area contributed by atoms with Gasteiger partial charge in [0.25, 0.3) is 0 Å². The normalized spacial score (nSPS) is 10.2. The molecule has 0 aliphatic heterocycles. The molecule has 0 saturated carbocycles. The molecule has 0 fully saturated rings. The number of hydrogen-bond donors (Lipinski definition) is 0. The summed E-state index contributed by atoms with van der Waals surface area (Å²) in [6.07, 6.45) is 8.58. The number of hydrogen-bond acceptors (Lipinski definition) is 6. The lowest BCUT2D eigenvalue weighted by molar-refractivity contribution is 1.03. The summed E-state index contributed by atoms with van der Waals surface area (Å²) in [4.78, 5) is 25.8. The van der Waals surface area contributed by atoms with Gasteiger partial charge in [-0.15, -0.1) is 6.42 Å². The van der Waals surface area contributed by atoms with Crippen molar-refractivity contribution in [1.82, 2.24) is 29.9 Å². The average molecular weight is 362 g/mol. The van der Waals surface area contributed by atoms with E-state index in [9.17, 15) is 0 Å². The predicted molar refractivity (Wildman–Crippen MR) is 108 cm³/mol. The summed E-state index contributed by atoms with van der Waals surface area (Å²) in [5.74, 6) is 4.94. The van der Waals surface area contributed by atoms with Crippen molar-refractivity contribution in [3.8, 4) is 46.5 Å². The van der Waals surface area contributed by atoms with Crippen molar-refractivity contribution in [3.05, 3.63) is 79.2 Å². The van der Waals surface area contributed by atoms with Crippen molar-refractivity contribution in [3.63, 3.8) is 0 Å². The van der Waals surface area contributed by atoms with Gasteiger partial charge in [0.1, 0.15) is 6.33 Å². The van der Waals surface area contributed by atoms with Crippen molar-refractivity contribution in [2.45, 2.75) is 0 Å². The van der Waals surface area contributed by atoms with Gasteiger partial charge in [0.2, 0.25) is 5.82 Å². The summed E-state index contributed by atoms with van der Waals surface area (Å²) in [6.45, 7) is 3.68. The lowest BCUT2D eigenvalue weighted by Crippen LogP contribution is -2.00. The minimum atomic E-state index is 0.293. The monoisotopic (exact) mass is 362 g/mol. The Labute approximate surface area is 162 Å². The first-order valence-corrected chi connectivity index (χ1v) is 8.47. The maximum absolute atomic E-state index is 5.54. The Bertz CT molecular complexity index is 1180. The molecule has 0 bridgehead atoms. The topological polar surface area (TPSA) is 77.3 Å². The van der Waals surface area contributed by atoms with E-state index in [1.807, 2.05) is 54.6 Å². The first kappa shape index (κ1) is 17.2. The zero-order chi connectivity index (χ0) is 19.3. The van der Waals surface area contributed by atoms with Gasteiger partial charge < -0.3 is 0 Å². The van der Waals surface area contributed by atoms with Crippen LogP contribution in [-0.2, 0) is 0 Å². The van der Waals surface area contributed by atoms with E-state index >= 15 is 0 Å². The van der Waals surface area contributed by atoms with Crippen LogP contribution in [0.3, 0.4) is 0 Å². The maximum atomic E-state index is 5.54. The molecule has 0 unspecified atom stereocenters. The third kappa shape index (κ3) is 3.50. The van der Waals surface area contributed by atoms with Gasteiger partial charge >= 0.3 is 0 Å². The van der Waals surface area contributed by atoms with Crippen LogP contribution in [-0.4, -0.2) is 29.9 Å². The Kier molecular flexibility index (Phi) is 4.64. The fraction of sp³-hybridized carbons (Fsp3) is 0. The van der Waals surface area contributed by atoms with Crippen LogP contribution >= 0.6 is 0 Å². The molecule has 0 aliphatic carbocycles. The molecule has 0 spiro atoms. The summed E-state index contributed by atoms with van der Waals surface area (Å²) >= 11 is 0. The van der Waals surface area contributed by atoms with Gasteiger partial charge in [-0.1, -0.05) is 61.2 Å². The maximum Gasteiger partial charge on any atom is 0.208 e. The fourth-order valence-corrected chi connectivity index (χ4v) is 2.60. The molecular formula is C22H14N6. The summed E-state index contributed by atoms with van der Waals surface area (Å²) in [5, 5.41) is 0. The van der Waals surface area contributed by atoms with Crippen LogP contribution in [0.5, 0.6) is 0 Å². The highest BCUT2D eigenvalue weighted by Gasteiger charge is 2.10. The number of nitrogens with zero attached hydrogens (tertiary/aromatic N) is 6. The standard InChI is InChI=1S/C22H14N6/c1-3-18-23-14-24-20(25-18)16-10-12-17(13-11-16)22-27-19(4-2)26-21(28-22)15-8-6-5-7-9-15/h2-3,5-14H,1H2. The third-order valence-electron chi connectivity index (χ3n) is 3.97. The first-order valence-electron chi connectivity index (χ1n) is 8.47. The molecule has 2 aromatic carbocycles. The molecular weight excluding hydrogens is 348 g/mol. The van der Waals surface area contributed by atoms with Crippen molar-refractivity contribution in [2.24, 2.45) is 0 Å². The summed E-state index contributed by atoms with van der Waals surface area (Å²) in [6, 6.07) is 17.3. The molecule has 132 valence electrons. The Morgan fingerprint density at radius 1 is 0.714 bits per heavy atom. The average Bonchev–Trinajstić information content (AvgIpc) is 2.79. The molecule has 6 heteroatoms. The zero-order valence-corrected chi connectivity index (χ0v) is 14.8. The van der Waals surface area contributed by atoms with Gasteiger partial charge in [-0.2, -0.15) is 0 Å². The number of rotatable bonds is 4. The summed E-state index contributed by atoms with van der Waals surface area (Å²) < 4.78 is 0. The summed E-state index contributed by atoms with van der Waals surface area (Å²) in [7, 11) is 0. The lowest BCUT2D eigenvalue weighted by Gasteiger charge is -2.06. The highest BCUT2D eigenvalue weighted by Crippen LogP contribution is 2.23. The second-order valence-electron chi connectivity index (χ2n) is 5.77. The molecule has 0 amide bonds. The predicted octanol–water partition coefficient (Wildman–Crippen LogP) is 3.68. The van der Waals surface area contributed by atoms with Gasteiger partial charge in [0, 0.05) is 16.7 Å². The number of terminal acetylenes is 1. The quantitative estimate of drug-likeness (QED) is 0.515. The first-order chi connectivity index (χ1) is 13.8. The smallest absolute Gasteiger partial charge is 0.208 e. The number of benzene rings is 2. The minimum Gasteiger partial charge on any atom is -0.217 e. The molecule has 4 aromatic rings. The molecule has 0 aliphatic rings. The third-order valence-corrected chi connectivity index (χ3v) is 3.97. The van der Waals surface area contributed by atoms with Crippen LogP contribution in [0.2, 0.25) is 0 Å². The van der Waals surface area contributed by atoms with E-state index in [2.05, 4.69) is 42.4 Å². The van der Waals surface area contributed by atoms with Crippen molar-refractivity contribution >= 4 is 6.08 Å². The molecule has 0 atom stereocenters. The van der Waals surface area contributed by atoms with Crippen LogP contribution < -0.4 is 0 Å². The van der Waals surface area contributed by atoms with E-state index in [0.29, 0.717) is 29.1 Å². The summed E-state index contributed by atoms with van der Waals surface area (Å²) in [5.41, 5.74) is 2.54. The second-order valence-corrected chi connectivity index (χ2v) is 5.77. The molecule has 6 nitrogen and oxygen atoms in total. The Balaban J connectivity index is 1.73. The van der Waals surface area contributed by atoms with E-state index in [0.717, 1.165) is 16.7 Å². The van der Waals surface area contributed by atoms with Crippen LogP contribution in [0.1, 0.15) is 11.6 Å². The van der Waals surface area contributed by atoms with Gasteiger partial charge in [-0.05, 0) is 12.0 Å². The second kappa shape index (κ2) is 7.56. The van der Waals surface area contributed by atoms with Crippen molar-refractivity contribution in [2.75, 3.05) is 0 Å². The molecule has 0 N–H and O–H groups in total. The molecule has 4 rings (SSSR count). The van der Waals surface area contributed by atoms with Gasteiger partial charge in [0.05, 0.1) is 0 Å². The molecule has 2 aromatic heterocycles. The Morgan fingerprint density at radius 3 is 1.93 bits per heavy atom. The van der Waals surface area contributed by atoms with Crippen LogP contribution in [0.25, 0.3) is 40.2 Å². The van der Waals surface area contributed by atoms with Crippen LogP contribution in [0, 0.1) is 12.3 Å². The zero-order valence-electron chi connectivity index (χ0n) is 14.8. The minimum absolute atomic E-state index is 0.293. The molecule has 2 heterocycles. The SMILES string of the molecule is C#Cc1nc(-c2ccccc2)nc(-c2ccc(-c3ncnc(C=C)n3)cc2)n1. The largest absolute Gasteiger partial charge is 0.217 e. The highest BCUT2D eigenvalue weighted by molar-refractivity contribution is 5.65. The fourth-order valence-electron chi connectivity index (χ4n) is 2.60. The van der Waals surface area contributed by atoms with E-state index in [1.54, 1.807) is 6.08 Å². The van der Waals surface area contributed by atoms with Gasteiger partial charge in [-0.25, -0.2) is 29.9 Å². The lowest BCUT2D eigenvalue weighted by atomic mass is 10.1. The Hall–Kier alpha value is -4.24. The van der Waals surface area contributed by atoms with Crippen molar-refractivity contribution < 1.29 is 0 Å². The highest BCUT2D eigenvalue weighted by atomic mass is 15.0. The van der Waals surface area contributed by atoms with Gasteiger partial charge in [-0.3, -0.25) is 0 Å². The van der Waals surface area contributed by atoms with Crippen molar-refractivity contribution in [1.29, 1.82) is 0 Å². The molecule has 28 heavy (non-hydrogen) atoms. The Morgan fingerprint density at radius 2 is 1.32 bits per heavy atom. The van der Waals surface area contributed by atoms with Gasteiger partial charge in [0.15, 0.2) is 23.3 Å². The van der Waals surface area contributed by atoms with Crippen LogP contribution in [0.15, 0.2) is 67.5 Å². The van der Waals surface area contributed by atoms with E-state index in [4.69, 9.17) is 6.42 Å². The van der Waals surface area contributed by atoms with E-state index < -0.39 is 0 Å². The van der Waals surface area contributed by atoms with E-state index in [1.165, 1.54) is 6.33 Å². The molecule has 0 radical (unpaired) electrons. The van der Waals surface area contributed by atoms with Crippen LogP contribution in [0.4, 0.5) is 0 Å². The number of aromatic nitrogens is 6. The molecule has 0 saturated heterocycles. The van der Waals surface area contributed by atoms with E-state index in [-0.39, 0.29) is 0 Å².